The average Bonchev–Trinajstić information content (AvgIpc) is 3.23. The second-order valence-electron chi connectivity index (χ2n) is 7.44. The SMILES string of the molecule is COc1ccccc1OC(C)c1nnc(SCC(=O)Nc2cccc(C(=O)O)c2)n1C(C)C. The Labute approximate surface area is 196 Å². The number of nitrogens with one attached hydrogen (secondary N) is 1. The molecule has 0 aliphatic heterocycles. The molecular weight excluding hydrogens is 444 g/mol. The second kappa shape index (κ2) is 10.9. The molecule has 2 N–H and O–H groups in total. The van der Waals surface area contributed by atoms with Gasteiger partial charge in [-0.05, 0) is 51.1 Å². The summed E-state index contributed by atoms with van der Waals surface area (Å²) in [6.45, 7) is 5.89. The first-order chi connectivity index (χ1) is 15.8. The quantitative estimate of drug-likeness (QED) is 0.418. The van der Waals surface area contributed by atoms with Gasteiger partial charge in [0.2, 0.25) is 5.91 Å². The van der Waals surface area contributed by atoms with E-state index >= 15 is 0 Å². The number of amides is 1. The van der Waals surface area contributed by atoms with Gasteiger partial charge >= 0.3 is 5.97 Å². The van der Waals surface area contributed by atoms with Gasteiger partial charge in [0.15, 0.2) is 28.6 Å². The monoisotopic (exact) mass is 470 g/mol. The number of ether oxygens (including phenoxy) is 2. The van der Waals surface area contributed by atoms with Crippen LogP contribution in [-0.4, -0.2) is 44.6 Å². The zero-order valence-corrected chi connectivity index (χ0v) is 19.6. The molecule has 0 saturated carbocycles. The van der Waals surface area contributed by atoms with Gasteiger partial charge in [0, 0.05) is 11.7 Å². The van der Waals surface area contributed by atoms with Crippen LogP contribution in [0.2, 0.25) is 0 Å². The lowest BCUT2D eigenvalue weighted by Gasteiger charge is -2.19. The molecule has 1 heterocycles. The molecule has 0 aliphatic rings. The zero-order valence-electron chi connectivity index (χ0n) is 18.8. The Bertz CT molecular complexity index is 1130. The highest BCUT2D eigenvalue weighted by molar-refractivity contribution is 7.99. The fourth-order valence-corrected chi connectivity index (χ4v) is 4.04. The first-order valence-corrected chi connectivity index (χ1v) is 11.3. The first-order valence-electron chi connectivity index (χ1n) is 10.3. The molecule has 0 saturated heterocycles. The van der Waals surface area contributed by atoms with Crippen molar-refractivity contribution in [1.29, 1.82) is 0 Å². The van der Waals surface area contributed by atoms with Gasteiger partial charge in [-0.25, -0.2) is 4.79 Å². The molecule has 10 heteroatoms. The van der Waals surface area contributed by atoms with Crippen LogP contribution in [0, 0.1) is 0 Å². The number of anilines is 1. The van der Waals surface area contributed by atoms with E-state index in [0.29, 0.717) is 28.2 Å². The maximum absolute atomic E-state index is 12.4. The molecule has 9 nitrogen and oxygen atoms in total. The molecule has 1 aromatic heterocycles. The zero-order chi connectivity index (χ0) is 24.0. The average molecular weight is 471 g/mol. The van der Waals surface area contributed by atoms with Gasteiger partial charge in [-0.3, -0.25) is 4.79 Å². The minimum absolute atomic E-state index is 0.0385. The highest BCUT2D eigenvalue weighted by Crippen LogP contribution is 2.32. The van der Waals surface area contributed by atoms with E-state index in [1.807, 2.05) is 49.6 Å². The molecule has 1 atom stereocenters. The van der Waals surface area contributed by atoms with Crippen molar-refractivity contribution in [2.24, 2.45) is 0 Å². The number of aromatic nitrogens is 3. The number of methoxy groups -OCH3 is 1. The number of carbonyl (C=O) groups is 2. The van der Waals surface area contributed by atoms with Crippen LogP contribution in [0.3, 0.4) is 0 Å². The van der Waals surface area contributed by atoms with Gasteiger partial charge in [-0.1, -0.05) is 30.0 Å². The number of carboxylic acid groups (broad SMARTS) is 1. The van der Waals surface area contributed by atoms with Crippen molar-refractivity contribution in [1.82, 2.24) is 14.8 Å². The van der Waals surface area contributed by atoms with Crippen molar-refractivity contribution in [3.63, 3.8) is 0 Å². The van der Waals surface area contributed by atoms with E-state index < -0.39 is 12.1 Å². The number of hydrogen-bond acceptors (Lipinski definition) is 7. The predicted molar refractivity (Wildman–Crippen MR) is 125 cm³/mol. The summed E-state index contributed by atoms with van der Waals surface area (Å²) < 4.78 is 13.4. The highest BCUT2D eigenvalue weighted by Gasteiger charge is 2.23. The summed E-state index contributed by atoms with van der Waals surface area (Å²) in [5.41, 5.74) is 0.527. The standard InChI is InChI=1S/C23H26N4O5S/c1-14(2)27-21(15(3)32-19-11-6-5-10-18(19)31-4)25-26-23(27)33-13-20(28)24-17-9-7-8-16(12-17)22(29)30/h5-12,14-15H,13H2,1-4H3,(H,24,28)(H,29,30). The molecule has 3 aromatic rings. The molecule has 33 heavy (non-hydrogen) atoms. The third kappa shape index (κ3) is 6.04. The number of para-hydroxylation sites is 2. The van der Waals surface area contributed by atoms with Crippen molar-refractivity contribution < 1.29 is 24.2 Å². The number of carboxylic acids is 1. The van der Waals surface area contributed by atoms with Crippen molar-refractivity contribution >= 4 is 29.3 Å². The number of carbonyl (C=O) groups excluding carboxylic acids is 1. The molecule has 0 radical (unpaired) electrons. The minimum atomic E-state index is -1.05. The lowest BCUT2D eigenvalue weighted by Crippen LogP contribution is -2.17. The number of benzene rings is 2. The molecule has 2 aromatic carbocycles. The minimum Gasteiger partial charge on any atom is -0.493 e. The van der Waals surface area contributed by atoms with Gasteiger partial charge < -0.3 is 24.5 Å². The van der Waals surface area contributed by atoms with Gasteiger partial charge in [0.1, 0.15) is 0 Å². The molecular formula is C23H26N4O5S. The number of rotatable bonds is 10. The largest absolute Gasteiger partial charge is 0.493 e. The van der Waals surface area contributed by atoms with Gasteiger partial charge in [-0.2, -0.15) is 0 Å². The topological polar surface area (TPSA) is 116 Å². The van der Waals surface area contributed by atoms with Gasteiger partial charge in [0.25, 0.3) is 0 Å². The smallest absolute Gasteiger partial charge is 0.335 e. The fraction of sp³-hybridized carbons (Fsp3) is 0.304. The molecule has 0 bridgehead atoms. The van der Waals surface area contributed by atoms with Crippen LogP contribution in [0.15, 0.2) is 53.7 Å². The Morgan fingerprint density at radius 2 is 1.82 bits per heavy atom. The van der Waals surface area contributed by atoms with Crippen LogP contribution in [0.5, 0.6) is 11.5 Å². The Kier molecular flexibility index (Phi) is 7.94. The summed E-state index contributed by atoms with van der Waals surface area (Å²) in [4.78, 5) is 23.5. The number of nitrogens with zero attached hydrogens (tertiary/aromatic N) is 3. The summed E-state index contributed by atoms with van der Waals surface area (Å²) in [5.74, 6) is 0.613. The highest BCUT2D eigenvalue weighted by atomic mass is 32.2. The molecule has 174 valence electrons. The van der Waals surface area contributed by atoms with Crippen LogP contribution < -0.4 is 14.8 Å². The fourth-order valence-electron chi connectivity index (χ4n) is 3.17. The predicted octanol–water partition coefficient (Wildman–Crippen LogP) is 4.44. The number of aromatic carboxylic acids is 1. The Hall–Kier alpha value is -3.53. The maximum atomic E-state index is 12.4. The Balaban J connectivity index is 1.69. The van der Waals surface area contributed by atoms with E-state index in [0.717, 1.165) is 0 Å². The van der Waals surface area contributed by atoms with E-state index in [1.54, 1.807) is 19.2 Å². The lowest BCUT2D eigenvalue weighted by atomic mass is 10.2. The Morgan fingerprint density at radius 3 is 2.48 bits per heavy atom. The Morgan fingerprint density at radius 1 is 1.09 bits per heavy atom. The second-order valence-corrected chi connectivity index (χ2v) is 8.38. The van der Waals surface area contributed by atoms with E-state index in [9.17, 15) is 9.59 Å². The summed E-state index contributed by atoms with van der Waals surface area (Å²) in [7, 11) is 1.58. The van der Waals surface area contributed by atoms with Gasteiger partial charge in [-0.15, -0.1) is 10.2 Å². The number of hydrogen-bond donors (Lipinski definition) is 2. The van der Waals surface area contributed by atoms with Crippen LogP contribution in [0.1, 0.15) is 49.1 Å². The third-order valence-electron chi connectivity index (χ3n) is 4.67. The summed E-state index contributed by atoms with van der Waals surface area (Å²) in [6.07, 6.45) is -0.405. The van der Waals surface area contributed by atoms with E-state index in [4.69, 9.17) is 14.6 Å². The molecule has 1 unspecified atom stereocenters. The summed E-state index contributed by atoms with van der Waals surface area (Å²) in [6, 6.07) is 13.5. The molecule has 1 amide bonds. The third-order valence-corrected chi connectivity index (χ3v) is 5.61. The van der Waals surface area contributed by atoms with Crippen LogP contribution >= 0.6 is 11.8 Å². The van der Waals surface area contributed by atoms with E-state index in [2.05, 4.69) is 15.5 Å². The number of thioether (sulfide) groups is 1. The lowest BCUT2D eigenvalue weighted by molar-refractivity contribution is -0.113. The molecule has 0 spiro atoms. The normalized spacial score (nSPS) is 11.8. The van der Waals surface area contributed by atoms with Crippen molar-refractivity contribution in [2.75, 3.05) is 18.2 Å². The van der Waals surface area contributed by atoms with E-state index in [1.165, 1.54) is 23.9 Å². The van der Waals surface area contributed by atoms with Crippen LogP contribution in [0.25, 0.3) is 0 Å². The first kappa shape index (κ1) is 24.1. The molecule has 3 rings (SSSR count). The summed E-state index contributed by atoms with van der Waals surface area (Å²) >= 11 is 1.25. The van der Waals surface area contributed by atoms with Crippen LogP contribution in [-0.2, 0) is 4.79 Å². The summed E-state index contributed by atoms with van der Waals surface area (Å²) in [5, 5.41) is 21.0. The maximum Gasteiger partial charge on any atom is 0.335 e. The molecule has 0 fully saturated rings. The van der Waals surface area contributed by atoms with Crippen molar-refractivity contribution in [2.45, 2.75) is 38.1 Å². The van der Waals surface area contributed by atoms with E-state index in [-0.39, 0.29) is 23.3 Å². The van der Waals surface area contributed by atoms with Crippen LogP contribution in [0.4, 0.5) is 5.69 Å². The van der Waals surface area contributed by atoms with Crippen molar-refractivity contribution in [3.05, 3.63) is 59.9 Å². The van der Waals surface area contributed by atoms with Gasteiger partial charge in [0.05, 0.1) is 18.4 Å². The van der Waals surface area contributed by atoms with Crippen molar-refractivity contribution in [3.8, 4) is 11.5 Å². The molecule has 0 aliphatic carbocycles.